The van der Waals surface area contributed by atoms with Crippen molar-refractivity contribution < 1.29 is 37.0 Å². The van der Waals surface area contributed by atoms with E-state index in [0.29, 0.717) is 0 Å². The number of nitrogens with zero attached hydrogens (tertiary/aromatic N) is 1. The quantitative estimate of drug-likeness (QED) is 0.544. The molecule has 0 bridgehead atoms. The van der Waals surface area contributed by atoms with E-state index in [4.69, 9.17) is 14.2 Å². The van der Waals surface area contributed by atoms with E-state index < -0.39 is 30.2 Å². The summed E-state index contributed by atoms with van der Waals surface area (Å²) < 4.78 is 53.8. The van der Waals surface area contributed by atoms with Crippen LogP contribution in [0.5, 0.6) is 5.75 Å². The lowest BCUT2D eigenvalue weighted by atomic mass is 10.1. The molecular formula is C18H17F3N2O5. The second-order valence-electron chi connectivity index (χ2n) is 5.42. The average molecular weight is 398 g/mol. The molecule has 1 N–H and O–H groups in total. The number of hydrogen-bond donors (Lipinski definition) is 1. The van der Waals surface area contributed by atoms with E-state index >= 15 is 0 Å². The maximum atomic E-state index is 12.9. The fourth-order valence-corrected chi connectivity index (χ4v) is 2.05. The Bertz CT molecular complexity index is 813. The molecule has 0 spiro atoms. The molecule has 0 saturated carbocycles. The van der Waals surface area contributed by atoms with Crippen molar-refractivity contribution in [1.82, 2.24) is 4.98 Å². The van der Waals surface area contributed by atoms with E-state index in [0.717, 1.165) is 18.2 Å². The number of hydrogen-bond acceptors (Lipinski definition) is 6. The highest BCUT2D eigenvalue weighted by Gasteiger charge is 2.31. The second-order valence-corrected chi connectivity index (χ2v) is 5.42. The van der Waals surface area contributed by atoms with Gasteiger partial charge in [-0.2, -0.15) is 13.2 Å². The molecule has 0 saturated heterocycles. The highest BCUT2D eigenvalue weighted by atomic mass is 19.4. The topological polar surface area (TPSA) is 86.8 Å². The van der Waals surface area contributed by atoms with Gasteiger partial charge in [0.05, 0.1) is 23.4 Å². The van der Waals surface area contributed by atoms with Crippen LogP contribution in [0.2, 0.25) is 0 Å². The summed E-state index contributed by atoms with van der Waals surface area (Å²) >= 11 is 0. The van der Waals surface area contributed by atoms with E-state index in [2.05, 4.69) is 10.3 Å². The summed E-state index contributed by atoms with van der Waals surface area (Å²) in [5, 5.41) is 2.26. The Morgan fingerprint density at radius 2 is 1.96 bits per heavy atom. The molecule has 0 fully saturated rings. The molecule has 1 heterocycles. The van der Waals surface area contributed by atoms with Gasteiger partial charge in [-0.3, -0.25) is 9.78 Å². The zero-order valence-corrected chi connectivity index (χ0v) is 14.8. The van der Waals surface area contributed by atoms with Gasteiger partial charge in [0.25, 0.3) is 5.91 Å². The molecule has 150 valence electrons. The zero-order chi connectivity index (χ0) is 20.6. The molecular weight excluding hydrogens is 381 g/mol. The lowest BCUT2D eigenvalue weighted by Crippen LogP contribution is -2.22. The number of nitrogens with one attached hydrogen (secondary N) is 1. The number of pyridine rings is 1. The summed E-state index contributed by atoms with van der Waals surface area (Å²) in [6, 6.07) is 5.63. The maximum absolute atomic E-state index is 12.9. The predicted octanol–water partition coefficient (Wildman–Crippen LogP) is 2.92. The molecule has 28 heavy (non-hydrogen) atoms. The molecule has 2 aromatic rings. The van der Waals surface area contributed by atoms with Crippen LogP contribution < -0.4 is 10.1 Å². The van der Waals surface area contributed by atoms with E-state index in [1.807, 2.05) is 0 Å². The largest absolute Gasteiger partial charge is 0.489 e. The third kappa shape index (κ3) is 6.23. The van der Waals surface area contributed by atoms with Gasteiger partial charge in [-0.15, -0.1) is 0 Å². The Hall–Kier alpha value is -3.14. The second kappa shape index (κ2) is 9.70. The van der Waals surface area contributed by atoms with Gasteiger partial charge < -0.3 is 19.5 Å². The lowest BCUT2D eigenvalue weighted by molar-refractivity contribution is -0.137. The summed E-state index contributed by atoms with van der Waals surface area (Å²) in [5.74, 6) is -1.59. The van der Waals surface area contributed by atoms with Gasteiger partial charge in [-0.25, -0.2) is 4.79 Å². The smallest absolute Gasteiger partial charge is 0.416 e. The lowest BCUT2D eigenvalue weighted by Gasteiger charge is -2.15. The van der Waals surface area contributed by atoms with Crippen LogP contribution >= 0.6 is 0 Å². The third-order valence-electron chi connectivity index (χ3n) is 3.36. The number of anilines is 1. The summed E-state index contributed by atoms with van der Waals surface area (Å²) in [6.07, 6.45) is -1.88. The summed E-state index contributed by atoms with van der Waals surface area (Å²) in [7, 11) is 1.44. The van der Waals surface area contributed by atoms with Gasteiger partial charge in [0.15, 0.2) is 6.61 Å². The Labute approximate surface area is 158 Å². The van der Waals surface area contributed by atoms with Crippen molar-refractivity contribution in [2.75, 3.05) is 32.2 Å². The van der Waals surface area contributed by atoms with Crippen LogP contribution in [0.1, 0.15) is 15.9 Å². The Balaban J connectivity index is 2.06. The van der Waals surface area contributed by atoms with Gasteiger partial charge in [-0.1, -0.05) is 0 Å². The predicted molar refractivity (Wildman–Crippen MR) is 92.0 cm³/mol. The molecule has 0 aliphatic heterocycles. The number of carbonyl (C=O) groups is 2. The number of aromatic nitrogens is 1. The first kappa shape index (κ1) is 21.2. The molecule has 1 aromatic carbocycles. The molecule has 7 nitrogen and oxygen atoms in total. The molecule has 1 amide bonds. The fraction of sp³-hybridized carbons (Fsp3) is 0.278. The number of rotatable bonds is 8. The number of methoxy groups -OCH3 is 1. The Kier molecular flexibility index (Phi) is 7.33. The average Bonchev–Trinajstić information content (AvgIpc) is 2.67. The number of esters is 1. The van der Waals surface area contributed by atoms with Gasteiger partial charge in [0.1, 0.15) is 12.4 Å². The first-order valence-electron chi connectivity index (χ1n) is 8.01. The van der Waals surface area contributed by atoms with Gasteiger partial charge in [0, 0.05) is 19.5 Å². The van der Waals surface area contributed by atoms with Gasteiger partial charge in [-0.05, 0) is 30.3 Å². The zero-order valence-electron chi connectivity index (χ0n) is 14.8. The van der Waals surface area contributed by atoms with Crippen LogP contribution in [0, 0.1) is 0 Å². The Morgan fingerprint density at radius 1 is 1.18 bits per heavy atom. The van der Waals surface area contributed by atoms with Crippen molar-refractivity contribution >= 4 is 17.6 Å². The molecule has 1 aromatic heterocycles. The number of halogens is 3. The third-order valence-corrected chi connectivity index (χ3v) is 3.36. The summed E-state index contributed by atoms with van der Waals surface area (Å²) in [5.41, 5.74) is -1.03. The minimum absolute atomic E-state index is 0.0250. The SMILES string of the molecule is COCCOc1ccc(C(F)(F)F)cc1NC(=O)COC(=O)c1cccnc1. The maximum Gasteiger partial charge on any atom is 0.416 e. The van der Waals surface area contributed by atoms with Crippen molar-refractivity contribution in [3.63, 3.8) is 0 Å². The van der Waals surface area contributed by atoms with Crippen molar-refractivity contribution in [1.29, 1.82) is 0 Å². The van der Waals surface area contributed by atoms with Crippen molar-refractivity contribution in [3.05, 3.63) is 53.9 Å². The first-order valence-corrected chi connectivity index (χ1v) is 8.01. The number of ether oxygens (including phenoxy) is 3. The standard InChI is InChI=1S/C18H17F3N2O5/c1-26-7-8-27-15-5-4-13(18(19,20)21)9-14(15)23-16(24)11-28-17(25)12-3-2-6-22-10-12/h2-6,9-10H,7-8,11H2,1H3,(H,23,24). The minimum atomic E-state index is -4.60. The van der Waals surface area contributed by atoms with Crippen LogP contribution in [0.15, 0.2) is 42.7 Å². The van der Waals surface area contributed by atoms with Crippen LogP contribution in [-0.2, 0) is 20.4 Å². The molecule has 0 atom stereocenters. The Morgan fingerprint density at radius 3 is 2.61 bits per heavy atom. The number of carbonyl (C=O) groups excluding carboxylic acids is 2. The van der Waals surface area contributed by atoms with Crippen molar-refractivity contribution in [3.8, 4) is 5.75 Å². The molecule has 0 radical (unpaired) electrons. The number of benzene rings is 1. The molecule has 0 unspecified atom stereocenters. The van der Waals surface area contributed by atoms with Crippen molar-refractivity contribution in [2.24, 2.45) is 0 Å². The summed E-state index contributed by atoms with van der Waals surface area (Å²) in [6.45, 7) is -0.417. The summed E-state index contributed by atoms with van der Waals surface area (Å²) in [4.78, 5) is 27.6. The molecule has 10 heteroatoms. The normalized spacial score (nSPS) is 11.0. The van der Waals surface area contributed by atoms with E-state index in [1.165, 1.54) is 31.6 Å². The monoisotopic (exact) mass is 398 g/mol. The van der Waals surface area contributed by atoms with Crippen LogP contribution in [0.3, 0.4) is 0 Å². The minimum Gasteiger partial charge on any atom is -0.489 e. The molecule has 0 aliphatic rings. The van der Waals surface area contributed by atoms with E-state index in [1.54, 1.807) is 0 Å². The first-order chi connectivity index (χ1) is 13.3. The van der Waals surface area contributed by atoms with Crippen LogP contribution in [0.25, 0.3) is 0 Å². The van der Waals surface area contributed by atoms with Gasteiger partial charge in [0.2, 0.25) is 0 Å². The highest BCUT2D eigenvalue weighted by molar-refractivity contribution is 5.96. The fourth-order valence-electron chi connectivity index (χ4n) is 2.05. The van der Waals surface area contributed by atoms with Crippen molar-refractivity contribution in [2.45, 2.75) is 6.18 Å². The van der Waals surface area contributed by atoms with Crippen LogP contribution in [0.4, 0.5) is 18.9 Å². The highest BCUT2D eigenvalue weighted by Crippen LogP contribution is 2.35. The van der Waals surface area contributed by atoms with Gasteiger partial charge >= 0.3 is 12.1 Å². The van der Waals surface area contributed by atoms with E-state index in [-0.39, 0.29) is 30.2 Å². The number of amides is 1. The van der Waals surface area contributed by atoms with E-state index in [9.17, 15) is 22.8 Å². The molecule has 0 aliphatic carbocycles. The number of alkyl halides is 3. The van der Waals surface area contributed by atoms with Crippen LogP contribution in [-0.4, -0.2) is 43.8 Å². The molecule has 2 rings (SSSR count).